The molecule has 0 atom stereocenters. The SMILES string of the molecule is COC(C)(C)CCOc1ccccc1CC(=O)O. The highest BCUT2D eigenvalue weighted by Gasteiger charge is 2.16. The van der Waals surface area contributed by atoms with Crippen molar-refractivity contribution in [3.05, 3.63) is 29.8 Å². The zero-order valence-corrected chi connectivity index (χ0v) is 11.1. The van der Waals surface area contributed by atoms with Crippen molar-refractivity contribution < 1.29 is 19.4 Å². The van der Waals surface area contributed by atoms with Crippen molar-refractivity contribution in [2.45, 2.75) is 32.3 Å². The van der Waals surface area contributed by atoms with Crippen LogP contribution in [0, 0.1) is 0 Å². The lowest BCUT2D eigenvalue weighted by molar-refractivity contribution is -0.136. The van der Waals surface area contributed by atoms with Crippen molar-refractivity contribution in [2.75, 3.05) is 13.7 Å². The second-order valence-corrected chi connectivity index (χ2v) is 4.74. The standard InChI is InChI=1S/C14H20O4/c1-14(2,17-3)8-9-18-12-7-5-4-6-11(12)10-13(15)16/h4-7H,8-10H2,1-3H3,(H,15,16). The maximum atomic E-state index is 10.7. The van der Waals surface area contributed by atoms with E-state index < -0.39 is 5.97 Å². The molecule has 0 amide bonds. The molecule has 0 spiro atoms. The number of para-hydroxylation sites is 1. The number of hydrogen-bond acceptors (Lipinski definition) is 3. The first kappa shape index (κ1) is 14.5. The topological polar surface area (TPSA) is 55.8 Å². The first-order valence-corrected chi connectivity index (χ1v) is 5.92. The highest BCUT2D eigenvalue weighted by Crippen LogP contribution is 2.20. The van der Waals surface area contributed by atoms with Gasteiger partial charge in [-0.05, 0) is 19.9 Å². The molecule has 0 saturated carbocycles. The molecule has 1 aromatic carbocycles. The van der Waals surface area contributed by atoms with Gasteiger partial charge in [0.15, 0.2) is 0 Å². The number of aliphatic carboxylic acids is 1. The minimum atomic E-state index is -0.858. The number of methoxy groups -OCH3 is 1. The van der Waals surface area contributed by atoms with E-state index in [1.165, 1.54) is 0 Å². The predicted octanol–water partition coefficient (Wildman–Crippen LogP) is 2.51. The molecule has 0 aromatic heterocycles. The smallest absolute Gasteiger partial charge is 0.307 e. The first-order valence-electron chi connectivity index (χ1n) is 5.92. The molecule has 0 bridgehead atoms. The average Bonchev–Trinajstić information content (AvgIpc) is 2.30. The van der Waals surface area contributed by atoms with E-state index >= 15 is 0 Å². The zero-order chi connectivity index (χ0) is 13.6. The van der Waals surface area contributed by atoms with E-state index in [9.17, 15) is 4.79 Å². The third kappa shape index (κ3) is 4.75. The molecule has 1 aromatic rings. The van der Waals surface area contributed by atoms with Gasteiger partial charge in [0.2, 0.25) is 0 Å². The van der Waals surface area contributed by atoms with E-state index in [0.29, 0.717) is 17.9 Å². The summed E-state index contributed by atoms with van der Waals surface area (Å²) in [5.74, 6) is -0.227. The van der Waals surface area contributed by atoms with Gasteiger partial charge in [0.25, 0.3) is 0 Å². The van der Waals surface area contributed by atoms with Gasteiger partial charge in [0.1, 0.15) is 5.75 Å². The summed E-state index contributed by atoms with van der Waals surface area (Å²) in [6.07, 6.45) is 0.717. The van der Waals surface area contributed by atoms with Crippen LogP contribution in [0.3, 0.4) is 0 Å². The van der Waals surface area contributed by atoms with Gasteiger partial charge in [0.05, 0.1) is 18.6 Å². The molecule has 4 nitrogen and oxygen atoms in total. The van der Waals surface area contributed by atoms with Crippen LogP contribution in [0.15, 0.2) is 24.3 Å². The highest BCUT2D eigenvalue weighted by molar-refractivity contribution is 5.71. The van der Waals surface area contributed by atoms with E-state index in [1.807, 2.05) is 26.0 Å². The summed E-state index contributed by atoms with van der Waals surface area (Å²) >= 11 is 0. The molecule has 0 aliphatic carbocycles. The van der Waals surface area contributed by atoms with Gasteiger partial charge in [-0.1, -0.05) is 18.2 Å². The molecule has 0 radical (unpaired) electrons. The lowest BCUT2D eigenvalue weighted by atomic mass is 10.1. The molecule has 100 valence electrons. The second kappa shape index (κ2) is 6.40. The van der Waals surface area contributed by atoms with Crippen molar-refractivity contribution in [3.8, 4) is 5.75 Å². The van der Waals surface area contributed by atoms with Crippen molar-refractivity contribution in [1.82, 2.24) is 0 Å². The molecular formula is C14H20O4. The molecule has 0 heterocycles. The number of rotatable bonds is 7. The zero-order valence-electron chi connectivity index (χ0n) is 11.1. The lowest BCUT2D eigenvalue weighted by Gasteiger charge is -2.23. The van der Waals surface area contributed by atoms with Gasteiger partial charge < -0.3 is 14.6 Å². The van der Waals surface area contributed by atoms with Crippen LogP contribution in [0.5, 0.6) is 5.75 Å². The fourth-order valence-electron chi connectivity index (χ4n) is 1.46. The Morgan fingerprint density at radius 1 is 1.33 bits per heavy atom. The fourth-order valence-corrected chi connectivity index (χ4v) is 1.46. The number of benzene rings is 1. The largest absolute Gasteiger partial charge is 0.493 e. The van der Waals surface area contributed by atoms with Crippen LogP contribution in [0.25, 0.3) is 0 Å². The number of carboxylic acids is 1. The molecule has 0 aliphatic heterocycles. The minimum Gasteiger partial charge on any atom is -0.493 e. The molecule has 0 saturated heterocycles. The summed E-state index contributed by atoms with van der Waals surface area (Å²) in [7, 11) is 1.67. The average molecular weight is 252 g/mol. The third-order valence-corrected chi connectivity index (χ3v) is 2.83. The minimum absolute atomic E-state index is 0.0240. The van der Waals surface area contributed by atoms with E-state index in [-0.39, 0.29) is 12.0 Å². The van der Waals surface area contributed by atoms with E-state index in [4.69, 9.17) is 14.6 Å². The lowest BCUT2D eigenvalue weighted by Crippen LogP contribution is -2.25. The molecule has 0 aliphatic rings. The Bertz CT molecular complexity index is 399. The summed E-state index contributed by atoms with van der Waals surface area (Å²) < 4.78 is 10.9. The Kier molecular flexibility index (Phi) is 5.16. The van der Waals surface area contributed by atoms with Crippen molar-refractivity contribution in [2.24, 2.45) is 0 Å². The van der Waals surface area contributed by atoms with Crippen LogP contribution in [-0.2, 0) is 16.0 Å². The number of ether oxygens (including phenoxy) is 2. The predicted molar refractivity (Wildman–Crippen MR) is 69.0 cm³/mol. The monoisotopic (exact) mass is 252 g/mol. The Morgan fingerprint density at radius 2 is 2.00 bits per heavy atom. The van der Waals surface area contributed by atoms with Crippen molar-refractivity contribution in [3.63, 3.8) is 0 Å². The Morgan fingerprint density at radius 3 is 2.61 bits per heavy atom. The highest BCUT2D eigenvalue weighted by atomic mass is 16.5. The summed E-state index contributed by atoms with van der Waals surface area (Å²) in [6, 6.07) is 7.20. The van der Waals surface area contributed by atoms with Crippen molar-refractivity contribution >= 4 is 5.97 Å². The normalized spacial score (nSPS) is 11.3. The molecule has 1 N–H and O–H groups in total. The summed E-state index contributed by atoms with van der Waals surface area (Å²) in [4.78, 5) is 10.7. The molecule has 18 heavy (non-hydrogen) atoms. The van der Waals surface area contributed by atoms with Crippen LogP contribution in [-0.4, -0.2) is 30.4 Å². The van der Waals surface area contributed by atoms with Crippen LogP contribution < -0.4 is 4.74 Å². The summed E-state index contributed by atoms with van der Waals surface area (Å²) in [5, 5.41) is 8.81. The quantitative estimate of drug-likeness (QED) is 0.810. The van der Waals surface area contributed by atoms with E-state index in [0.717, 1.165) is 6.42 Å². The number of carbonyl (C=O) groups is 1. The van der Waals surface area contributed by atoms with Gasteiger partial charge in [-0.15, -0.1) is 0 Å². The molecular weight excluding hydrogens is 232 g/mol. The van der Waals surface area contributed by atoms with Gasteiger partial charge in [-0.3, -0.25) is 4.79 Å². The molecule has 0 unspecified atom stereocenters. The fraction of sp³-hybridized carbons (Fsp3) is 0.500. The maximum Gasteiger partial charge on any atom is 0.307 e. The molecule has 4 heteroatoms. The van der Waals surface area contributed by atoms with Crippen LogP contribution in [0.4, 0.5) is 0 Å². The van der Waals surface area contributed by atoms with Gasteiger partial charge in [-0.2, -0.15) is 0 Å². The Labute approximate surface area is 108 Å². The number of hydrogen-bond donors (Lipinski definition) is 1. The van der Waals surface area contributed by atoms with Crippen molar-refractivity contribution in [1.29, 1.82) is 0 Å². The maximum absolute atomic E-state index is 10.7. The van der Waals surface area contributed by atoms with Gasteiger partial charge in [0, 0.05) is 19.1 Å². The van der Waals surface area contributed by atoms with Gasteiger partial charge in [-0.25, -0.2) is 0 Å². The van der Waals surface area contributed by atoms with Gasteiger partial charge >= 0.3 is 5.97 Å². The second-order valence-electron chi connectivity index (χ2n) is 4.74. The Hall–Kier alpha value is -1.55. The summed E-state index contributed by atoms with van der Waals surface area (Å²) in [5.41, 5.74) is 0.460. The van der Waals surface area contributed by atoms with E-state index in [1.54, 1.807) is 19.2 Å². The van der Waals surface area contributed by atoms with Crippen LogP contribution in [0.1, 0.15) is 25.8 Å². The van der Waals surface area contributed by atoms with E-state index in [2.05, 4.69) is 0 Å². The van der Waals surface area contributed by atoms with Crippen LogP contribution in [0.2, 0.25) is 0 Å². The third-order valence-electron chi connectivity index (χ3n) is 2.83. The Balaban J connectivity index is 2.59. The first-order chi connectivity index (χ1) is 8.44. The van der Waals surface area contributed by atoms with Crippen LogP contribution >= 0.6 is 0 Å². The molecule has 0 fully saturated rings. The molecule has 1 rings (SSSR count). The number of carboxylic acid groups (broad SMARTS) is 1. The summed E-state index contributed by atoms with van der Waals surface area (Å²) in [6.45, 7) is 4.47.